The molecular weight excluding hydrogens is 822 g/mol. The van der Waals surface area contributed by atoms with E-state index >= 15 is 0 Å². The molecule has 0 aromatic carbocycles. The highest BCUT2D eigenvalue weighted by atomic mass is 31.2. The molecule has 4 N–H and O–H groups in total. The van der Waals surface area contributed by atoms with Crippen LogP contribution in [0.4, 0.5) is 0 Å². The molecule has 0 bridgehead atoms. The summed E-state index contributed by atoms with van der Waals surface area (Å²) >= 11 is 0. The Bertz CT molecular complexity index is 1440. The summed E-state index contributed by atoms with van der Waals surface area (Å²) in [6.45, 7) is 1.50. The molecule has 13 nitrogen and oxygen atoms in total. The standard InChI is InChI=1S/C46H76O13P2/c1-3-5-7-9-11-13-15-17-19-20-21-22-24-26-28-30-32-34-36-38-46(49)59-44(42-58-61(53,54)57-40-43(47)39-56-60(50,51)52)41-55-45(48)37-35-33-31-29-27-25-23-18-16-14-12-10-8-6-4-2/h5,7,11-14,17-19,21-23,26,28,32,34,43-44,47H,3-4,6,8-10,15-16,20,24-25,27,29-31,33,35-42H2,1-2H3,(H,53,54)(H2,50,51,52)/b7-5-,13-11-,14-12-,19-17-,22-21-,23-18-,28-26-,34-32-/t43-,44+/m0/s1. The van der Waals surface area contributed by atoms with Crippen molar-refractivity contribution in [1.82, 2.24) is 0 Å². The molecular formula is C46H76O13P2. The first kappa shape index (κ1) is 58.0. The van der Waals surface area contributed by atoms with E-state index in [2.05, 4.69) is 102 Å². The summed E-state index contributed by atoms with van der Waals surface area (Å²) in [6, 6.07) is 0. The zero-order valence-electron chi connectivity index (χ0n) is 36.7. The summed E-state index contributed by atoms with van der Waals surface area (Å²) < 4.78 is 47.7. The fourth-order valence-electron chi connectivity index (χ4n) is 5.17. The molecule has 15 heteroatoms. The van der Waals surface area contributed by atoms with Crippen molar-refractivity contribution in [1.29, 1.82) is 0 Å². The van der Waals surface area contributed by atoms with Crippen LogP contribution in [0, 0.1) is 0 Å². The number of aliphatic hydroxyl groups excluding tert-OH is 1. The van der Waals surface area contributed by atoms with Gasteiger partial charge in [-0.15, -0.1) is 0 Å². The number of hydrogen-bond acceptors (Lipinski definition) is 10. The molecule has 0 aliphatic carbocycles. The second-order valence-electron chi connectivity index (χ2n) is 14.2. The van der Waals surface area contributed by atoms with Gasteiger partial charge in [0.25, 0.3) is 0 Å². The molecule has 0 aliphatic heterocycles. The summed E-state index contributed by atoms with van der Waals surface area (Å²) in [5.41, 5.74) is 0. The molecule has 0 amide bonds. The van der Waals surface area contributed by atoms with Gasteiger partial charge in [-0.25, -0.2) is 9.13 Å². The van der Waals surface area contributed by atoms with Gasteiger partial charge in [-0.05, 0) is 83.5 Å². The zero-order valence-corrected chi connectivity index (χ0v) is 38.5. The average molecular weight is 899 g/mol. The lowest BCUT2D eigenvalue weighted by Gasteiger charge is -2.20. The van der Waals surface area contributed by atoms with Gasteiger partial charge < -0.3 is 29.3 Å². The van der Waals surface area contributed by atoms with E-state index in [0.29, 0.717) is 19.3 Å². The van der Waals surface area contributed by atoms with Gasteiger partial charge in [-0.3, -0.25) is 23.2 Å². The Hall–Kier alpha value is -2.96. The van der Waals surface area contributed by atoms with Crippen LogP contribution in [0.3, 0.4) is 0 Å². The number of rotatable bonds is 40. The monoisotopic (exact) mass is 898 g/mol. The van der Waals surface area contributed by atoms with E-state index in [0.717, 1.165) is 77.0 Å². The van der Waals surface area contributed by atoms with E-state index in [1.165, 1.54) is 19.3 Å². The number of carbonyl (C=O) groups excluding carboxylic acids is 2. The van der Waals surface area contributed by atoms with Gasteiger partial charge in [0, 0.05) is 12.8 Å². The Morgan fingerprint density at radius 3 is 1.46 bits per heavy atom. The highest BCUT2D eigenvalue weighted by Gasteiger charge is 2.28. The van der Waals surface area contributed by atoms with Crippen LogP contribution < -0.4 is 0 Å². The number of esters is 2. The molecule has 348 valence electrons. The Kier molecular flexibility index (Phi) is 39.1. The number of phosphoric ester groups is 2. The normalized spacial score (nSPS) is 14.9. The van der Waals surface area contributed by atoms with Gasteiger partial charge in [-0.1, -0.05) is 143 Å². The highest BCUT2D eigenvalue weighted by molar-refractivity contribution is 7.47. The smallest absolute Gasteiger partial charge is 0.462 e. The SMILES string of the molecule is CC/C=C\C/C=C\C/C=C\C/C=C\C/C=C\C/C=C\CCC(=O)O[C@H](COC(=O)CCCCCCC/C=C\C/C=C\CCCCC)COP(=O)(O)OC[C@@H](O)COP(=O)(O)O. The number of aliphatic hydroxyl groups is 1. The van der Waals surface area contributed by atoms with Crippen LogP contribution in [0.25, 0.3) is 0 Å². The summed E-state index contributed by atoms with van der Waals surface area (Å²) in [7, 11) is -9.71. The van der Waals surface area contributed by atoms with E-state index in [9.17, 15) is 28.7 Å². The summed E-state index contributed by atoms with van der Waals surface area (Å²) in [4.78, 5) is 52.7. The molecule has 0 aromatic heterocycles. The van der Waals surface area contributed by atoms with Crippen molar-refractivity contribution in [3.63, 3.8) is 0 Å². The van der Waals surface area contributed by atoms with E-state index in [4.69, 9.17) is 23.8 Å². The number of hydrogen-bond donors (Lipinski definition) is 4. The minimum Gasteiger partial charge on any atom is -0.462 e. The van der Waals surface area contributed by atoms with Crippen molar-refractivity contribution in [2.75, 3.05) is 26.4 Å². The number of phosphoric acid groups is 2. The van der Waals surface area contributed by atoms with E-state index in [-0.39, 0.29) is 12.8 Å². The maximum absolute atomic E-state index is 12.6. The maximum atomic E-state index is 12.6. The molecule has 0 saturated carbocycles. The van der Waals surface area contributed by atoms with E-state index < -0.39 is 66.2 Å². The molecule has 1 unspecified atom stereocenters. The summed E-state index contributed by atoms with van der Waals surface area (Å²) in [6.07, 6.45) is 48.4. The van der Waals surface area contributed by atoms with Crippen molar-refractivity contribution in [3.8, 4) is 0 Å². The van der Waals surface area contributed by atoms with Crippen molar-refractivity contribution in [2.24, 2.45) is 0 Å². The predicted molar refractivity (Wildman–Crippen MR) is 243 cm³/mol. The van der Waals surface area contributed by atoms with Crippen molar-refractivity contribution < 1.29 is 61.6 Å². The lowest BCUT2D eigenvalue weighted by molar-refractivity contribution is -0.161. The highest BCUT2D eigenvalue weighted by Crippen LogP contribution is 2.43. The molecule has 0 heterocycles. The second kappa shape index (κ2) is 41.1. The molecule has 0 fully saturated rings. The van der Waals surface area contributed by atoms with Gasteiger partial charge in [0.15, 0.2) is 6.10 Å². The first-order valence-electron chi connectivity index (χ1n) is 21.9. The Morgan fingerprint density at radius 1 is 0.492 bits per heavy atom. The number of unbranched alkanes of at least 4 members (excludes halogenated alkanes) is 8. The quantitative estimate of drug-likeness (QED) is 0.0196. The fourth-order valence-corrected chi connectivity index (χ4v) is 6.32. The van der Waals surface area contributed by atoms with Crippen LogP contribution in [0.1, 0.15) is 142 Å². The van der Waals surface area contributed by atoms with Gasteiger partial charge in [0.2, 0.25) is 0 Å². The Labute approximate surface area is 366 Å². The van der Waals surface area contributed by atoms with E-state index in [1.807, 2.05) is 18.2 Å². The predicted octanol–water partition coefficient (Wildman–Crippen LogP) is 11.3. The Morgan fingerprint density at radius 2 is 0.934 bits per heavy atom. The lowest BCUT2D eigenvalue weighted by Crippen LogP contribution is -2.29. The third kappa shape index (κ3) is 44.9. The first-order valence-corrected chi connectivity index (χ1v) is 25.0. The van der Waals surface area contributed by atoms with Gasteiger partial charge >= 0.3 is 27.6 Å². The van der Waals surface area contributed by atoms with Crippen LogP contribution in [-0.4, -0.2) is 70.4 Å². The van der Waals surface area contributed by atoms with Crippen LogP contribution in [0.5, 0.6) is 0 Å². The minimum atomic E-state index is -4.88. The van der Waals surface area contributed by atoms with Gasteiger partial charge in [0.1, 0.15) is 12.7 Å². The zero-order chi connectivity index (χ0) is 45.1. The fraction of sp³-hybridized carbons (Fsp3) is 0.609. The average Bonchev–Trinajstić information content (AvgIpc) is 3.22. The summed E-state index contributed by atoms with van der Waals surface area (Å²) in [5.74, 6) is -1.15. The van der Waals surface area contributed by atoms with E-state index in [1.54, 1.807) is 0 Å². The maximum Gasteiger partial charge on any atom is 0.472 e. The molecule has 0 spiro atoms. The van der Waals surface area contributed by atoms with Crippen molar-refractivity contribution in [2.45, 2.75) is 154 Å². The third-order valence-corrected chi connectivity index (χ3v) is 9.90. The van der Waals surface area contributed by atoms with Crippen LogP contribution >= 0.6 is 15.6 Å². The van der Waals surface area contributed by atoms with Gasteiger partial charge in [-0.2, -0.15) is 0 Å². The largest absolute Gasteiger partial charge is 0.472 e. The molecule has 0 aliphatic rings. The lowest BCUT2D eigenvalue weighted by atomic mass is 10.1. The molecule has 0 saturated heterocycles. The number of ether oxygens (including phenoxy) is 2. The third-order valence-electron chi connectivity index (χ3n) is 8.46. The summed E-state index contributed by atoms with van der Waals surface area (Å²) in [5, 5.41) is 9.74. The van der Waals surface area contributed by atoms with Crippen LogP contribution in [0.15, 0.2) is 97.2 Å². The Balaban J connectivity index is 4.69. The van der Waals surface area contributed by atoms with Crippen molar-refractivity contribution in [3.05, 3.63) is 97.2 Å². The van der Waals surface area contributed by atoms with Crippen LogP contribution in [0.2, 0.25) is 0 Å². The molecule has 0 aromatic rings. The minimum absolute atomic E-state index is 0.00235. The topological polar surface area (TPSA) is 195 Å². The van der Waals surface area contributed by atoms with Gasteiger partial charge in [0.05, 0.1) is 19.8 Å². The molecule has 0 rings (SSSR count). The molecule has 61 heavy (non-hydrogen) atoms. The molecule has 0 radical (unpaired) electrons. The van der Waals surface area contributed by atoms with Crippen LogP contribution in [-0.2, 0) is 41.8 Å². The second-order valence-corrected chi connectivity index (χ2v) is 16.9. The molecule has 3 atom stereocenters. The van der Waals surface area contributed by atoms with Crippen molar-refractivity contribution >= 4 is 27.6 Å². The first-order chi connectivity index (χ1) is 29.4. The number of carbonyl (C=O) groups is 2. The number of allylic oxidation sites excluding steroid dienone is 16.